The number of piperidine rings is 1. The standard InChI is InChI=1S/C23H30ClN3O4/c1-23(8-9-23)21(29)26-10-6-16(7-11-26)20(28)27-13-17(12-25-22(30)31)19(14-27)15-2-4-18(24)5-3-15/h2-5,16-17,19,25H,6-14H2,1H3,(H,30,31)/t17-,19-/m0/s1. The third-order valence-electron chi connectivity index (χ3n) is 7.21. The van der Waals surface area contributed by atoms with Crippen molar-refractivity contribution in [2.24, 2.45) is 17.3 Å². The maximum Gasteiger partial charge on any atom is 0.404 e. The Labute approximate surface area is 187 Å². The molecule has 0 unspecified atom stereocenters. The van der Waals surface area contributed by atoms with Crippen molar-refractivity contribution in [3.8, 4) is 0 Å². The fourth-order valence-corrected chi connectivity index (χ4v) is 5.06. The number of carbonyl (C=O) groups excluding carboxylic acids is 2. The second kappa shape index (κ2) is 8.69. The Morgan fingerprint density at radius 3 is 2.32 bits per heavy atom. The molecule has 1 aliphatic carbocycles. The number of nitrogens with one attached hydrogen (secondary N) is 1. The maximum atomic E-state index is 13.3. The van der Waals surface area contributed by atoms with Crippen LogP contribution >= 0.6 is 11.6 Å². The lowest BCUT2D eigenvalue weighted by Gasteiger charge is -2.34. The summed E-state index contributed by atoms with van der Waals surface area (Å²) in [6.45, 7) is 4.72. The molecule has 1 aromatic carbocycles. The SMILES string of the molecule is CC1(C(=O)N2CCC(C(=O)N3C[C@H](CNC(=O)O)[C@H](c4ccc(Cl)cc4)C3)CC2)CC1. The van der Waals surface area contributed by atoms with Crippen molar-refractivity contribution in [2.75, 3.05) is 32.7 Å². The molecule has 7 nitrogen and oxygen atoms in total. The Kier molecular flexibility index (Phi) is 6.15. The Morgan fingerprint density at radius 1 is 1.10 bits per heavy atom. The van der Waals surface area contributed by atoms with Crippen LogP contribution in [0.5, 0.6) is 0 Å². The molecule has 0 aromatic heterocycles. The summed E-state index contributed by atoms with van der Waals surface area (Å²) in [5.74, 6) is 0.360. The third-order valence-corrected chi connectivity index (χ3v) is 7.47. The van der Waals surface area contributed by atoms with Crippen LogP contribution in [0.1, 0.15) is 44.1 Å². The Morgan fingerprint density at radius 2 is 1.74 bits per heavy atom. The summed E-state index contributed by atoms with van der Waals surface area (Å²) in [5, 5.41) is 12.2. The monoisotopic (exact) mass is 447 g/mol. The Hall–Kier alpha value is -2.28. The lowest BCUT2D eigenvalue weighted by molar-refractivity contribution is -0.142. The van der Waals surface area contributed by atoms with E-state index in [1.807, 2.05) is 41.0 Å². The number of benzene rings is 1. The van der Waals surface area contributed by atoms with E-state index in [-0.39, 0.29) is 35.0 Å². The second-order valence-corrected chi connectivity index (χ2v) is 9.91. The molecule has 168 valence electrons. The predicted octanol–water partition coefficient (Wildman–Crippen LogP) is 3.19. The quantitative estimate of drug-likeness (QED) is 0.725. The molecule has 31 heavy (non-hydrogen) atoms. The second-order valence-electron chi connectivity index (χ2n) is 9.47. The number of nitrogens with zero attached hydrogens (tertiary/aromatic N) is 2. The molecule has 3 aliphatic rings. The molecule has 8 heteroatoms. The molecule has 0 radical (unpaired) electrons. The first-order valence-electron chi connectivity index (χ1n) is 11.1. The zero-order valence-corrected chi connectivity index (χ0v) is 18.6. The molecule has 2 saturated heterocycles. The van der Waals surface area contributed by atoms with Crippen molar-refractivity contribution in [1.29, 1.82) is 0 Å². The Bertz CT molecular complexity index is 847. The lowest BCUT2D eigenvalue weighted by Crippen LogP contribution is -2.46. The van der Waals surface area contributed by atoms with Gasteiger partial charge in [0.2, 0.25) is 11.8 Å². The average Bonchev–Trinajstić information content (AvgIpc) is 3.37. The van der Waals surface area contributed by atoms with Crippen molar-refractivity contribution in [1.82, 2.24) is 15.1 Å². The van der Waals surface area contributed by atoms with E-state index in [1.54, 1.807) is 0 Å². The summed E-state index contributed by atoms with van der Waals surface area (Å²) in [7, 11) is 0. The van der Waals surface area contributed by atoms with Crippen LogP contribution < -0.4 is 5.32 Å². The van der Waals surface area contributed by atoms with Gasteiger partial charge in [-0.2, -0.15) is 0 Å². The van der Waals surface area contributed by atoms with Gasteiger partial charge in [0.05, 0.1) is 0 Å². The highest BCUT2D eigenvalue weighted by atomic mass is 35.5. The van der Waals surface area contributed by atoms with E-state index in [9.17, 15) is 14.4 Å². The molecule has 2 heterocycles. The molecule has 0 bridgehead atoms. The van der Waals surface area contributed by atoms with Crippen LogP contribution in [0.15, 0.2) is 24.3 Å². The number of rotatable bonds is 5. The molecular formula is C23H30ClN3O4. The first-order chi connectivity index (χ1) is 14.8. The third kappa shape index (κ3) is 4.81. The fraction of sp³-hybridized carbons (Fsp3) is 0.609. The van der Waals surface area contributed by atoms with E-state index in [0.717, 1.165) is 18.4 Å². The molecule has 0 spiro atoms. The summed E-state index contributed by atoms with van der Waals surface area (Å²) >= 11 is 6.02. The number of halogens is 1. The zero-order chi connectivity index (χ0) is 22.2. The minimum Gasteiger partial charge on any atom is -0.465 e. The van der Waals surface area contributed by atoms with E-state index in [0.29, 0.717) is 50.6 Å². The van der Waals surface area contributed by atoms with Gasteiger partial charge in [0.15, 0.2) is 0 Å². The first kappa shape index (κ1) is 21.9. The topological polar surface area (TPSA) is 90.0 Å². The first-order valence-corrected chi connectivity index (χ1v) is 11.4. The highest BCUT2D eigenvalue weighted by Gasteiger charge is 2.48. The average molecular weight is 448 g/mol. The number of amides is 3. The highest BCUT2D eigenvalue weighted by molar-refractivity contribution is 6.30. The van der Waals surface area contributed by atoms with Gasteiger partial charge in [0.25, 0.3) is 0 Å². The van der Waals surface area contributed by atoms with Gasteiger partial charge < -0.3 is 20.2 Å². The summed E-state index contributed by atoms with van der Waals surface area (Å²) in [6.07, 6.45) is 2.27. The van der Waals surface area contributed by atoms with E-state index in [4.69, 9.17) is 16.7 Å². The van der Waals surface area contributed by atoms with Gasteiger partial charge in [-0.05, 0) is 43.4 Å². The van der Waals surface area contributed by atoms with E-state index in [2.05, 4.69) is 5.32 Å². The molecule has 1 saturated carbocycles. The van der Waals surface area contributed by atoms with Crippen LogP contribution in [0, 0.1) is 17.3 Å². The summed E-state index contributed by atoms with van der Waals surface area (Å²) in [6, 6.07) is 7.57. The largest absolute Gasteiger partial charge is 0.465 e. The van der Waals surface area contributed by atoms with Crippen molar-refractivity contribution >= 4 is 29.5 Å². The van der Waals surface area contributed by atoms with Crippen molar-refractivity contribution in [3.05, 3.63) is 34.9 Å². The van der Waals surface area contributed by atoms with Crippen LogP contribution in [-0.4, -0.2) is 65.5 Å². The van der Waals surface area contributed by atoms with Crippen LogP contribution in [-0.2, 0) is 9.59 Å². The van der Waals surface area contributed by atoms with Gasteiger partial charge in [0, 0.05) is 60.9 Å². The van der Waals surface area contributed by atoms with E-state index in [1.165, 1.54) is 0 Å². The van der Waals surface area contributed by atoms with Crippen LogP contribution in [0.3, 0.4) is 0 Å². The van der Waals surface area contributed by atoms with Crippen molar-refractivity contribution in [2.45, 2.75) is 38.5 Å². The van der Waals surface area contributed by atoms with Gasteiger partial charge in [-0.25, -0.2) is 4.79 Å². The van der Waals surface area contributed by atoms with E-state index < -0.39 is 6.09 Å². The van der Waals surface area contributed by atoms with E-state index >= 15 is 0 Å². The number of hydrogen-bond acceptors (Lipinski definition) is 3. The molecular weight excluding hydrogens is 418 g/mol. The van der Waals surface area contributed by atoms with Gasteiger partial charge in [-0.3, -0.25) is 9.59 Å². The van der Waals surface area contributed by atoms with Crippen LogP contribution in [0.4, 0.5) is 4.79 Å². The minimum absolute atomic E-state index is 0.0118. The minimum atomic E-state index is -1.05. The number of carboxylic acid groups (broad SMARTS) is 1. The molecule has 3 fully saturated rings. The van der Waals surface area contributed by atoms with Crippen molar-refractivity contribution < 1.29 is 19.5 Å². The number of hydrogen-bond donors (Lipinski definition) is 2. The molecule has 4 rings (SSSR count). The maximum absolute atomic E-state index is 13.3. The molecule has 2 atom stereocenters. The predicted molar refractivity (Wildman–Crippen MR) is 117 cm³/mol. The smallest absolute Gasteiger partial charge is 0.404 e. The summed E-state index contributed by atoms with van der Waals surface area (Å²) < 4.78 is 0. The van der Waals surface area contributed by atoms with Gasteiger partial charge >= 0.3 is 6.09 Å². The van der Waals surface area contributed by atoms with Gasteiger partial charge in [-0.15, -0.1) is 0 Å². The van der Waals surface area contributed by atoms with Gasteiger partial charge in [0.1, 0.15) is 0 Å². The number of carbonyl (C=O) groups is 3. The fourth-order valence-electron chi connectivity index (χ4n) is 4.93. The highest BCUT2D eigenvalue weighted by Crippen LogP contribution is 2.47. The molecule has 2 N–H and O–H groups in total. The van der Waals surface area contributed by atoms with Gasteiger partial charge in [-0.1, -0.05) is 30.7 Å². The number of likely N-dealkylation sites (tertiary alicyclic amines) is 2. The normalized spacial score (nSPS) is 25.4. The van der Waals surface area contributed by atoms with Crippen LogP contribution in [0.2, 0.25) is 5.02 Å². The summed E-state index contributed by atoms with van der Waals surface area (Å²) in [4.78, 5) is 40.7. The molecule has 3 amide bonds. The van der Waals surface area contributed by atoms with Crippen LogP contribution in [0.25, 0.3) is 0 Å². The Balaban J connectivity index is 1.39. The van der Waals surface area contributed by atoms with Crippen molar-refractivity contribution in [3.63, 3.8) is 0 Å². The molecule has 1 aromatic rings. The lowest BCUT2D eigenvalue weighted by atomic mass is 9.89. The summed E-state index contributed by atoms with van der Waals surface area (Å²) in [5.41, 5.74) is 0.900. The zero-order valence-electron chi connectivity index (χ0n) is 17.8. The molecule has 2 aliphatic heterocycles.